The minimum atomic E-state index is -3.46. The van der Waals surface area contributed by atoms with Crippen LogP contribution >= 0.6 is 0 Å². The number of carboxylic acid groups (broad SMARTS) is 1. The van der Waals surface area contributed by atoms with Crippen molar-refractivity contribution in [3.05, 3.63) is 47.5 Å². The summed E-state index contributed by atoms with van der Waals surface area (Å²) < 4.78 is 26.3. The average Bonchev–Trinajstić information content (AvgIpc) is 2.58. The highest BCUT2D eigenvalue weighted by Gasteiger charge is 2.15. The van der Waals surface area contributed by atoms with Crippen molar-refractivity contribution in [2.75, 3.05) is 15.8 Å². The first-order valence-corrected chi connectivity index (χ1v) is 9.35. The number of hydrogen-bond donors (Lipinski definition) is 3. The molecule has 0 aliphatic heterocycles. The number of carbonyl (C=O) groups excluding carboxylic acids is 1. The molecule has 10 heteroatoms. The second kappa shape index (κ2) is 7.91. The van der Waals surface area contributed by atoms with E-state index < -0.39 is 21.9 Å². The van der Waals surface area contributed by atoms with E-state index in [0.29, 0.717) is 23.4 Å². The van der Waals surface area contributed by atoms with Gasteiger partial charge in [0, 0.05) is 5.69 Å². The van der Waals surface area contributed by atoms with Crippen molar-refractivity contribution in [2.24, 2.45) is 0 Å². The Balaban J connectivity index is 2.20. The fourth-order valence-corrected chi connectivity index (χ4v) is 3.31. The number of nitrogens with zero attached hydrogens (tertiary/aromatic N) is 2. The molecule has 0 saturated heterocycles. The van der Waals surface area contributed by atoms with E-state index in [1.165, 1.54) is 0 Å². The van der Waals surface area contributed by atoms with Crippen LogP contribution in [0.2, 0.25) is 0 Å². The first-order valence-electron chi connectivity index (χ1n) is 7.70. The maximum Gasteiger partial charge on any atom is 0.356 e. The molecule has 138 valence electrons. The molecule has 2 rings (SSSR count). The number of anilines is 2. The molecule has 3 N–H and O–H groups in total. The minimum absolute atomic E-state index is 0.00541. The lowest BCUT2D eigenvalue weighted by Gasteiger charge is -2.14. The van der Waals surface area contributed by atoms with Gasteiger partial charge in [0.1, 0.15) is 5.69 Å². The van der Waals surface area contributed by atoms with E-state index in [4.69, 9.17) is 5.11 Å². The molecule has 1 aromatic carbocycles. The molecule has 0 aliphatic carbocycles. The van der Waals surface area contributed by atoms with Gasteiger partial charge in [0.25, 0.3) is 5.91 Å². The fourth-order valence-electron chi connectivity index (χ4n) is 2.11. The highest BCUT2D eigenvalue weighted by atomic mass is 32.2. The van der Waals surface area contributed by atoms with Crippen molar-refractivity contribution in [2.45, 2.75) is 20.3 Å². The number of sulfonamides is 1. The van der Waals surface area contributed by atoms with Gasteiger partial charge in [0.05, 0.1) is 23.8 Å². The standard InChI is InChI=1S/C16H18N4O5S/c1-3-7-26(24,25)20-12-6-4-5-11(10(12)2)19-15(21)13-8-18-14(9-17-13)16(22)23/h4-6,8-9,20H,3,7H2,1-2H3,(H,19,21)(H,22,23). The molecular weight excluding hydrogens is 360 g/mol. The van der Waals surface area contributed by atoms with Gasteiger partial charge in [-0.1, -0.05) is 13.0 Å². The Labute approximate surface area is 150 Å². The van der Waals surface area contributed by atoms with Crippen LogP contribution in [0.15, 0.2) is 30.6 Å². The van der Waals surface area contributed by atoms with Gasteiger partial charge in [-0.05, 0) is 31.0 Å². The van der Waals surface area contributed by atoms with Crippen LogP contribution in [-0.2, 0) is 10.0 Å². The zero-order valence-corrected chi connectivity index (χ0v) is 15.0. The molecule has 0 unspecified atom stereocenters. The molecule has 0 spiro atoms. The van der Waals surface area contributed by atoms with Crippen molar-refractivity contribution < 1.29 is 23.1 Å². The summed E-state index contributed by atoms with van der Waals surface area (Å²) in [5.74, 6) is -1.84. The van der Waals surface area contributed by atoms with E-state index in [1.54, 1.807) is 32.0 Å². The summed E-state index contributed by atoms with van der Waals surface area (Å²) in [5, 5.41) is 11.4. The normalized spacial score (nSPS) is 11.0. The Morgan fingerprint density at radius 1 is 1.12 bits per heavy atom. The molecule has 26 heavy (non-hydrogen) atoms. The summed E-state index contributed by atoms with van der Waals surface area (Å²) in [6.45, 7) is 3.43. The number of benzene rings is 1. The number of hydrogen-bond acceptors (Lipinski definition) is 6. The number of aromatic carboxylic acids is 1. The molecule has 0 atom stereocenters. The van der Waals surface area contributed by atoms with Gasteiger partial charge in [-0.3, -0.25) is 9.52 Å². The van der Waals surface area contributed by atoms with Gasteiger partial charge in [0.15, 0.2) is 5.69 Å². The van der Waals surface area contributed by atoms with Crippen LogP contribution < -0.4 is 10.0 Å². The first-order chi connectivity index (χ1) is 12.2. The van der Waals surface area contributed by atoms with E-state index in [9.17, 15) is 18.0 Å². The Bertz CT molecular complexity index is 926. The molecular formula is C16H18N4O5S. The Kier molecular flexibility index (Phi) is 5.88. The van der Waals surface area contributed by atoms with Crippen LogP contribution in [0.5, 0.6) is 0 Å². The monoisotopic (exact) mass is 378 g/mol. The van der Waals surface area contributed by atoms with Crippen molar-refractivity contribution in [3.8, 4) is 0 Å². The molecule has 1 heterocycles. The summed E-state index contributed by atoms with van der Waals surface area (Å²) in [6.07, 6.45) is 2.52. The molecule has 2 aromatic rings. The van der Waals surface area contributed by atoms with Crippen LogP contribution in [0.3, 0.4) is 0 Å². The molecule has 0 radical (unpaired) electrons. The van der Waals surface area contributed by atoms with Gasteiger partial charge >= 0.3 is 5.97 Å². The Morgan fingerprint density at radius 2 is 1.73 bits per heavy atom. The summed E-state index contributed by atoms with van der Waals surface area (Å²) in [7, 11) is -3.46. The molecule has 0 aliphatic rings. The van der Waals surface area contributed by atoms with Gasteiger partial charge in [-0.25, -0.2) is 23.2 Å². The zero-order chi connectivity index (χ0) is 19.3. The summed E-state index contributed by atoms with van der Waals surface area (Å²) in [5.41, 5.74) is 0.964. The van der Waals surface area contributed by atoms with E-state index in [2.05, 4.69) is 20.0 Å². The van der Waals surface area contributed by atoms with Crippen molar-refractivity contribution in [1.82, 2.24) is 9.97 Å². The lowest BCUT2D eigenvalue weighted by molar-refractivity contribution is 0.0689. The minimum Gasteiger partial charge on any atom is -0.476 e. The van der Waals surface area contributed by atoms with Crippen molar-refractivity contribution >= 4 is 33.3 Å². The lowest BCUT2D eigenvalue weighted by Crippen LogP contribution is -2.18. The van der Waals surface area contributed by atoms with Crippen LogP contribution in [0.1, 0.15) is 39.9 Å². The zero-order valence-electron chi connectivity index (χ0n) is 14.2. The van der Waals surface area contributed by atoms with Crippen LogP contribution in [-0.4, -0.2) is 41.1 Å². The maximum atomic E-state index is 12.2. The Morgan fingerprint density at radius 3 is 2.31 bits per heavy atom. The third kappa shape index (κ3) is 4.76. The summed E-state index contributed by atoms with van der Waals surface area (Å²) >= 11 is 0. The molecule has 0 saturated carbocycles. The number of rotatable bonds is 7. The maximum absolute atomic E-state index is 12.2. The largest absolute Gasteiger partial charge is 0.476 e. The second-order valence-corrected chi connectivity index (χ2v) is 7.29. The molecule has 0 fully saturated rings. The van der Waals surface area contributed by atoms with Crippen LogP contribution in [0.4, 0.5) is 11.4 Å². The predicted octanol–water partition coefficient (Wildman–Crippen LogP) is 1.89. The highest BCUT2D eigenvalue weighted by molar-refractivity contribution is 7.92. The number of carbonyl (C=O) groups is 2. The van der Waals surface area contributed by atoms with E-state index in [1.807, 2.05) is 0 Å². The third-order valence-corrected chi connectivity index (χ3v) is 4.90. The Hall–Kier alpha value is -3.01. The smallest absolute Gasteiger partial charge is 0.356 e. The summed E-state index contributed by atoms with van der Waals surface area (Å²) in [6, 6.07) is 4.81. The summed E-state index contributed by atoms with van der Waals surface area (Å²) in [4.78, 5) is 30.4. The molecule has 1 amide bonds. The quantitative estimate of drug-likeness (QED) is 0.668. The molecule has 9 nitrogen and oxygen atoms in total. The van der Waals surface area contributed by atoms with Gasteiger partial charge in [0.2, 0.25) is 10.0 Å². The van der Waals surface area contributed by atoms with Crippen LogP contribution in [0.25, 0.3) is 0 Å². The van der Waals surface area contributed by atoms with Gasteiger partial charge in [-0.2, -0.15) is 0 Å². The SMILES string of the molecule is CCCS(=O)(=O)Nc1cccc(NC(=O)c2cnc(C(=O)O)cn2)c1C. The molecule has 0 bridgehead atoms. The van der Waals surface area contributed by atoms with E-state index in [0.717, 1.165) is 12.4 Å². The highest BCUT2D eigenvalue weighted by Crippen LogP contribution is 2.24. The van der Waals surface area contributed by atoms with Gasteiger partial charge < -0.3 is 10.4 Å². The van der Waals surface area contributed by atoms with E-state index in [-0.39, 0.29) is 17.1 Å². The average molecular weight is 378 g/mol. The van der Waals surface area contributed by atoms with Crippen molar-refractivity contribution in [3.63, 3.8) is 0 Å². The first kappa shape index (κ1) is 19.3. The third-order valence-electron chi connectivity index (χ3n) is 3.42. The second-order valence-electron chi connectivity index (χ2n) is 5.45. The predicted molar refractivity (Wildman–Crippen MR) is 95.8 cm³/mol. The molecule has 1 aromatic heterocycles. The van der Waals surface area contributed by atoms with Crippen molar-refractivity contribution in [1.29, 1.82) is 0 Å². The number of nitrogens with one attached hydrogen (secondary N) is 2. The van der Waals surface area contributed by atoms with Gasteiger partial charge in [-0.15, -0.1) is 0 Å². The van der Waals surface area contributed by atoms with E-state index >= 15 is 0 Å². The van der Waals surface area contributed by atoms with Crippen LogP contribution in [0, 0.1) is 6.92 Å². The number of amides is 1. The number of carboxylic acids is 1. The number of aromatic nitrogens is 2. The fraction of sp³-hybridized carbons (Fsp3) is 0.250. The lowest BCUT2D eigenvalue weighted by atomic mass is 10.1. The topological polar surface area (TPSA) is 138 Å².